The van der Waals surface area contributed by atoms with Crippen LogP contribution in [0.1, 0.15) is 28.4 Å². The quantitative estimate of drug-likeness (QED) is 0.798. The predicted molar refractivity (Wildman–Crippen MR) is 59.7 cm³/mol. The van der Waals surface area contributed by atoms with Crippen molar-refractivity contribution in [1.82, 2.24) is 5.32 Å². The molecule has 1 aromatic heterocycles. The molecular weight excluding hydrogens is 196 g/mol. The van der Waals surface area contributed by atoms with Gasteiger partial charge in [-0.05, 0) is 32.9 Å². The van der Waals surface area contributed by atoms with Gasteiger partial charge < -0.3 is 11.1 Å². The van der Waals surface area contributed by atoms with E-state index >= 15 is 0 Å². The number of amides is 1. The van der Waals surface area contributed by atoms with E-state index in [1.54, 1.807) is 0 Å². The Labute approximate surface area is 88.3 Å². The molecule has 0 fully saturated rings. The van der Waals surface area contributed by atoms with E-state index in [1.807, 2.05) is 32.9 Å². The van der Waals surface area contributed by atoms with Crippen molar-refractivity contribution in [3.8, 4) is 0 Å². The number of thiophene rings is 1. The smallest absolute Gasteiger partial charge is 0.261 e. The van der Waals surface area contributed by atoms with E-state index in [9.17, 15) is 4.79 Å². The molecule has 0 aromatic carbocycles. The van der Waals surface area contributed by atoms with Crippen molar-refractivity contribution in [3.63, 3.8) is 0 Å². The van der Waals surface area contributed by atoms with Crippen molar-refractivity contribution < 1.29 is 4.79 Å². The highest BCUT2D eigenvalue weighted by molar-refractivity contribution is 7.13. The van der Waals surface area contributed by atoms with E-state index in [0.717, 1.165) is 9.75 Å². The second-order valence-corrected chi connectivity index (χ2v) is 5.24. The first-order valence-corrected chi connectivity index (χ1v) is 5.35. The molecule has 0 atom stereocenters. The molecule has 0 aliphatic carbocycles. The van der Waals surface area contributed by atoms with Crippen LogP contribution in [0.2, 0.25) is 0 Å². The van der Waals surface area contributed by atoms with Gasteiger partial charge in [-0.1, -0.05) is 0 Å². The maximum Gasteiger partial charge on any atom is 0.261 e. The number of aryl methyl sites for hydroxylation is 1. The van der Waals surface area contributed by atoms with E-state index in [2.05, 4.69) is 5.32 Å². The van der Waals surface area contributed by atoms with Gasteiger partial charge >= 0.3 is 0 Å². The van der Waals surface area contributed by atoms with Crippen molar-refractivity contribution in [2.75, 3.05) is 6.54 Å². The third-order valence-electron chi connectivity index (χ3n) is 1.93. The van der Waals surface area contributed by atoms with Gasteiger partial charge in [0.05, 0.1) is 4.88 Å². The minimum atomic E-state index is -0.338. The second-order valence-electron chi connectivity index (χ2n) is 3.95. The lowest BCUT2D eigenvalue weighted by Crippen LogP contribution is -2.48. The fourth-order valence-corrected chi connectivity index (χ4v) is 1.74. The third-order valence-corrected chi connectivity index (χ3v) is 2.93. The zero-order valence-electron chi connectivity index (χ0n) is 8.76. The van der Waals surface area contributed by atoms with E-state index in [-0.39, 0.29) is 11.4 Å². The molecule has 0 radical (unpaired) electrons. The summed E-state index contributed by atoms with van der Waals surface area (Å²) in [5.74, 6) is -0.0430. The molecule has 14 heavy (non-hydrogen) atoms. The van der Waals surface area contributed by atoms with Crippen LogP contribution in [-0.4, -0.2) is 18.0 Å². The van der Waals surface area contributed by atoms with Gasteiger partial charge in [0.1, 0.15) is 0 Å². The molecule has 3 N–H and O–H groups in total. The summed E-state index contributed by atoms with van der Waals surface area (Å²) >= 11 is 1.49. The molecule has 1 heterocycles. The Hall–Kier alpha value is -0.870. The highest BCUT2D eigenvalue weighted by atomic mass is 32.1. The number of nitrogens with one attached hydrogen (secondary N) is 1. The molecule has 0 aliphatic heterocycles. The molecule has 3 nitrogen and oxygen atoms in total. The topological polar surface area (TPSA) is 55.1 Å². The molecule has 0 spiro atoms. The van der Waals surface area contributed by atoms with Crippen LogP contribution in [0.3, 0.4) is 0 Å². The maximum absolute atomic E-state index is 11.7. The summed E-state index contributed by atoms with van der Waals surface area (Å²) in [7, 11) is 0. The fraction of sp³-hybridized carbons (Fsp3) is 0.500. The minimum absolute atomic E-state index is 0.0430. The summed E-state index contributed by atoms with van der Waals surface area (Å²) in [6.45, 7) is 6.23. The molecular formula is C10H16N2OS. The predicted octanol–water partition coefficient (Wildman–Crippen LogP) is 1.52. The van der Waals surface area contributed by atoms with Gasteiger partial charge in [-0.15, -0.1) is 11.3 Å². The number of carbonyl (C=O) groups excluding carboxylic acids is 1. The van der Waals surface area contributed by atoms with Gasteiger partial charge in [0.15, 0.2) is 0 Å². The fourth-order valence-electron chi connectivity index (χ4n) is 0.977. The number of hydrogen-bond donors (Lipinski definition) is 2. The molecule has 4 heteroatoms. The highest BCUT2D eigenvalue weighted by Crippen LogP contribution is 2.15. The van der Waals surface area contributed by atoms with Gasteiger partial charge in [-0.25, -0.2) is 0 Å². The Bertz CT molecular complexity index is 331. The zero-order chi connectivity index (χ0) is 10.8. The Morgan fingerprint density at radius 3 is 2.64 bits per heavy atom. The van der Waals surface area contributed by atoms with Crippen LogP contribution in [0, 0.1) is 6.92 Å². The van der Waals surface area contributed by atoms with Crippen LogP contribution in [0.25, 0.3) is 0 Å². The normalized spacial score (nSPS) is 11.4. The average Bonchev–Trinajstić information content (AvgIpc) is 2.51. The first kappa shape index (κ1) is 11.2. The van der Waals surface area contributed by atoms with Crippen LogP contribution in [0.5, 0.6) is 0 Å². The lowest BCUT2D eigenvalue weighted by atomic mass is 10.1. The number of rotatable bonds is 3. The van der Waals surface area contributed by atoms with Crippen molar-refractivity contribution in [3.05, 3.63) is 21.9 Å². The number of carbonyl (C=O) groups is 1. The monoisotopic (exact) mass is 212 g/mol. The molecule has 0 unspecified atom stereocenters. The maximum atomic E-state index is 11.7. The summed E-state index contributed by atoms with van der Waals surface area (Å²) in [5, 5.41) is 2.88. The summed E-state index contributed by atoms with van der Waals surface area (Å²) in [4.78, 5) is 13.6. The van der Waals surface area contributed by atoms with E-state index in [0.29, 0.717) is 6.54 Å². The highest BCUT2D eigenvalue weighted by Gasteiger charge is 2.19. The standard InChI is InChI=1S/C10H16N2OS/c1-7-4-5-8(14-7)9(13)12-10(2,3)6-11/h4-5H,6,11H2,1-3H3,(H,12,13). The Balaban J connectivity index is 2.68. The molecule has 1 rings (SSSR count). The van der Waals surface area contributed by atoms with Crippen molar-refractivity contribution in [1.29, 1.82) is 0 Å². The Morgan fingerprint density at radius 2 is 2.21 bits per heavy atom. The van der Waals surface area contributed by atoms with Gasteiger partial charge in [-0.2, -0.15) is 0 Å². The number of nitrogens with two attached hydrogens (primary N) is 1. The van der Waals surface area contributed by atoms with E-state index < -0.39 is 0 Å². The van der Waals surface area contributed by atoms with Crippen LogP contribution in [0.15, 0.2) is 12.1 Å². The van der Waals surface area contributed by atoms with Gasteiger partial charge in [0.2, 0.25) is 0 Å². The molecule has 1 aromatic rings. The summed E-state index contributed by atoms with van der Waals surface area (Å²) in [5.41, 5.74) is 5.19. The van der Waals surface area contributed by atoms with E-state index in [1.165, 1.54) is 11.3 Å². The largest absolute Gasteiger partial charge is 0.345 e. The summed E-state index contributed by atoms with van der Waals surface area (Å²) in [6.07, 6.45) is 0. The van der Waals surface area contributed by atoms with Crippen LogP contribution in [0.4, 0.5) is 0 Å². The van der Waals surface area contributed by atoms with Gasteiger partial charge in [0.25, 0.3) is 5.91 Å². The number of hydrogen-bond acceptors (Lipinski definition) is 3. The van der Waals surface area contributed by atoms with E-state index in [4.69, 9.17) is 5.73 Å². The Kier molecular flexibility index (Phi) is 3.29. The first-order valence-electron chi connectivity index (χ1n) is 4.53. The first-order chi connectivity index (χ1) is 6.44. The van der Waals surface area contributed by atoms with Crippen LogP contribution < -0.4 is 11.1 Å². The van der Waals surface area contributed by atoms with Gasteiger partial charge in [-0.3, -0.25) is 4.79 Å². The van der Waals surface area contributed by atoms with Crippen molar-refractivity contribution in [2.24, 2.45) is 5.73 Å². The average molecular weight is 212 g/mol. The molecule has 0 saturated carbocycles. The van der Waals surface area contributed by atoms with Crippen molar-refractivity contribution in [2.45, 2.75) is 26.3 Å². The molecule has 0 bridgehead atoms. The van der Waals surface area contributed by atoms with Crippen LogP contribution >= 0.6 is 11.3 Å². The molecule has 0 saturated heterocycles. The zero-order valence-corrected chi connectivity index (χ0v) is 9.57. The van der Waals surface area contributed by atoms with Crippen LogP contribution in [-0.2, 0) is 0 Å². The molecule has 0 aliphatic rings. The summed E-state index contributed by atoms with van der Waals surface area (Å²) < 4.78 is 0. The lowest BCUT2D eigenvalue weighted by Gasteiger charge is -2.23. The van der Waals surface area contributed by atoms with Gasteiger partial charge in [0, 0.05) is 17.0 Å². The van der Waals surface area contributed by atoms with Crippen molar-refractivity contribution >= 4 is 17.2 Å². The Morgan fingerprint density at radius 1 is 1.57 bits per heavy atom. The minimum Gasteiger partial charge on any atom is -0.345 e. The summed E-state index contributed by atoms with van der Waals surface area (Å²) in [6, 6.07) is 3.77. The molecule has 1 amide bonds. The lowest BCUT2D eigenvalue weighted by molar-refractivity contribution is 0.0920. The third kappa shape index (κ3) is 2.82. The molecule has 78 valence electrons. The second kappa shape index (κ2) is 4.11. The SMILES string of the molecule is Cc1ccc(C(=O)NC(C)(C)CN)s1.